The van der Waals surface area contributed by atoms with E-state index in [-0.39, 0.29) is 17.4 Å². The SMILES string of the molecule is Cl.O=S(=O)(NC1CCNC1)c1ccc(Cl)cc1C(F)(F)F. The van der Waals surface area contributed by atoms with Gasteiger partial charge in [-0.05, 0) is 31.2 Å². The van der Waals surface area contributed by atoms with Crippen LogP contribution >= 0.6 is 24.0 Å². The Morgan fingerprint density at radius 2 is 2.00 bits per heavy atom. The third-order valence-corrected chi connectivity index (χ3v) is 4.73. The number of halogens is 5. The van der Waals surface area contributed by atoms with Gasteiger partial charge in [-0.25, -0.2) is 13.1 Å². The quantitative estimate of drug-likeness (QED) is 0.865. The molecule has 1 aliphatic rings. The largest absolute Gasteiger partial charge is 0.417 e. The third-order valence-electron chi connectivity index (χ3n) is 2.92. The van der Waals surface area contributed by atoms with Gasteiger partial charge in [-0.1, -0.05) is 11.6 Å². The molecule has 0 bridgehead atoms. The maximum Gasteiger partial charge on any atom is 0.417 e. The highest BCUT2D eigenvalue weighted by Crippen LogP contribution is 2.35. The normalized spacial score (nSPS) is 19.3. The number of benzene rings is 1. The van der Waals surface area contributed by atoms with E-state index in [1.165, 1.54) is 0 Å². The van der Waals surface area contributed by atoms with Crippen molar-refractivity contribution in [3.8, 4) is 0 Å². The molecule has 0 radical (unpaired) electrons. The van der Waals surface area contributed by atoms with Crippen molar-refractivity contribution in [2.75, 3.05) is 13.1 Å². The predicted molar refractivity (Wildman–Crippen MR) is 75.3 cm³/mol. The first-order valence-corrected chi connectivity index (χ1v) is 7.66. The molecular weight excluding hydrogens is 352 g/mol. The molecule has 21 heavy (non-hydrogen) atoms. The molecule has 1 aliphatic heterocycles. The lowest BCUT2D eigenvalue weighted by atomic mass is 10.2. The lowest BCUT2D eigenvalue weighted by Crippen LogP contribution is -2.37. The number of rotatable bonds is 3. The van der Waals surface area contributed by atoms with Crippen LogP contribution in [-0.2, 0) is 16.2 Å². The highest BCUT2D eigenvalue weighted by Gasteiger charge is 2.38. The smallest absolute Gasteiger partial charge is 0.315 e. The van der Waals surface area contributed by atoms with Crippen LogP contribution in [0.1, 0.15) is 12.0 Å². The zero-order valence-corrected chi connectivity index (χ0v) is 13.0. The van der Waals surface area contributed by atoms with Crippen molar-refractivity contribution < 1.29 is 21.6 Å². The standard InChI is InChI=1S/C11H12ClF3N2O2S.ClH/c12-7-1-2-10(9(5-7)11(13,14)15)20(18,19)17-8-3-4-16-6-8;/h1-2,5,8,16-17H,3-4,6H2;1H. The van der Waals surface area contributed by atoms with Crippen LogP contribution in [-0.4, -0.2) is 27.5 Å². The Labute approximate surface area is 131 Å². The Morgan fingerprint density at radius 3 is 2.52 bits per heavy atom. The summed E-state index contributed by atoms with van der Waals surface area (Å²) in [6.45, 7) is 1.02. The van der Waals surface area contributed by atoms with Crippen LogP contribution < -0.4 is 10.0 Å². The van der Waals surface area contributed by atoms with E-state index in [4.69, 9.17) is 11.6 Å². The van der Waals surface area contributed by atoms with Crippen LogP contribution in [0.15, 0.2) is 23.1 Å². The summed E-state index contributed by atoms with van der Waals surface area (Å²) in [6.07, 6.45) is -4.25. The molecule has 0 amide bonds. The van der Waals surface area contributed by atoms with Crippen molar-refractivity contribution in [2.24, 2.45) is 0 Å². The van der Waals surface area contributed by atoms with Crippen LogP contribution in [0.3, 0.4) is 0 Å². The fraction of sp³-hybridized carbons (Fsp3) is 0.455. The van der Waals surface area contributed by atoms with Crippen molar-refractivity contribution >= 4 is 34.0 Å². The van der Waals surface area contributed by atoms with Gasteiger partial charge in [0, 0.05) is 17.6 Å². The van der Waals surface area contributed by atoms with E-state index in [0.29, 0.717) is 25.6 Å². The first-order valence-electron chi connectivity index (χ1n) is 5.80. The molecule has 2 N–H and O–H groups in total. The van der Waals surface area contributed by atoms with Crippen LogP contribution in [0.5, 0.6) is 0 Å². The summed E-state index contributed by atoms with van der Waals surface area (Å²) in [7, 11) is -4.24. The van der Waals surface area contributed by atoms with E-state index in [1.54, 1.807) is 0 Å². The number of hydrogen-bond acceptors (Lipinski definition) is 3. The Balaban J connectivity index is 0.00000220. The van der Waals surface area contributed by atoms with E-state index in [9.17, 15) is 21.6 Å². The monoisotopic (exact) mass is 364 g/mol. The molecule has 1 saturated heterocycles. The average Bonchev–Trinajstić information content (AvgIpc) is 2.79. The number of alkyl halides is 3. The average molecular weight is 365 g/mol. The Hall–Kier alpha value is -0.540. The van der Waals surface area contributed by atoms with Crippen LogP contribution in [0, 0.1) is 0 Å². The van der Waals surface area contributed by atoms with E-state index in [2.05, 4.69) is 10.0 Å². The molecule has 10 heteroatoms. The zero-order chi connectivity index (χ0) is 15.0. The molecule has 120 valence electrons. The highest BCUT2D eigenvalue weighted by atomic mass is 35.5. The molecule has 1 heterocycles. The predicted octanol–water partition coefficient (Wildman–Crippen LogP) is 2.42. The van der Waals surface area contributed by atoms with E-state index in [1.807, 2.05) is 0 Å². The lowest BCUT2D eigenvalue weighted by Gasteiger charge is -2.16. The zero-order valence-electron chi connectivity index (χ0n) is 10.6. The molecular formula is C11H13Cl2F3N2O2S. The molecule has 0 aromatic heterocycles. The van der Waals surface area contributed by atoms with Gasteiger partial charge in [0.15, 0.2) is 0 Å². The molecule has 0 aliphatic carbocycles. The number of sulfonamides is 1. The third kappa shape index (κ3) is 4.46. The Morgan fingerprint density at radius 1 is 1.33 bits per heavy atom. The summed E-state index contributed by atoms with van der Waals surface area (Å²) in [5.41, 5.74) is -1.26. The summed E-state index contributed by atoms with van der Waals surface area (Å²) < 4.78 is 65.2. The lowest BCUT2D eigenvalue weighted by molar-refractivity contribution is -0.139. The second-order valence-electron chi connectivity index (χ2n) is 4.45. The van der Waals surface area contributed by atoms with E-state index >= 15 is 0 Å². The first kappa shape index (κ1) is 18.5. The molecule has 0 saturated carbocycles. The fourth-order valence-corrected chi connectivity index (χ4v) is 3.65. The van der Waals surface area contributed by atoms with Crippen molar-refractivity contribution in [3.63, 3.8) is 0 Å². The van der Waals surface area contributed by atoms with Crippen LogP contribution in [0.2, 0.25) is 5.02 Å². The molecule has 1 aromatic carbocycles. The van der Waals surface area contributed by atoms with Gasteiger partial charge in [-0.3, -0.25) is 0 Å². The number of hydrogen-bond donors (Lipinski definition) is 2. The van der Waals surface area contributed by atoms with Gasteiger partial charge in [0.1, 0.15) is 0 Å². The summed E-state index contributed by atoms with van der Waals surface area (Å²) >= 11 is 5.52. The van der Waals surface area contributed by atoms with E-state index in [0.717, 1.165) is 12.1 Å². The van der Waals surface area contributed by atoms with Gasteiger partial charge < -0.3 is 5.32 Å². The fourth-order valence-electron chi connectivity index (χ4n) is 2.00. The molecule has 1 fully saturated rings. The second kappa shape index (κ2) is 6.70. The van der Waals surface area contributed by atoms with Crippen molar-refractivity contribution in [3.05, 3.63) is 28.8 Å². The minimum Gasteiger partial charge on any atom is -0.315 e. The topological polar surface area (TPSA) is 58.2 Å². The maximum atomic E-state index is 12.9. The van der Waals surface area contributed by atoms with Gasteiger partial charge in [0.05, 0.1) is 10.5 Å². The highest BCUT2D eigenvalue weighted by molar-refractivity contribution is 7.89. The van der Waals surface area contributed by atoms with Crippen molar-refractivity contribution in [2.45, 2.75) is 23.5 Å². The van der Waals surface area contributed by atoms with Crippen LogP contribution in [0.4, 0.5) is 13.2 Å². The first-order chi connectivity index (χ1) is 9.20. The minimum atomic E-state index is -4.79. The Bertz CT molecular complexity index is 602. The van der Waals surface area contributed by atoms with Crippen LogP contribution in [0.25, 0.3) is 0 Å². The summed E-state index contributed by atoms with van der Waals surface area (Å²) in [6, 6.07) is 2.20. The maximum absolute atomic E-state index is 12.9. The molecule has 1 aromatic rings. The van der Waals surface area contributed by atoms with Gasteiger partial charge in [0.2, 0.25) is 10.0 Å². The Kier molecular flexibility index (Phi) is 5.91. The van der Waals surface area contributed by atoms with Crippen molar-refractivity contribution in [1.29, 1.82) is 0 Å². The van der Waals surface area contributed by atoms with Gasteiger partial charge >= 0.3 is 6.18 Å². The van der Waals surface area contributed by atoms with Crippen molar-refractivity contribution in [1.82, 2.24) is 10.0 Å². The minimum absolute atomic E-state index is 0. The van der Waals surface area contributed by atoms with Gasteiger partial charge in [-0.2, -0.15) is 13.2 Å². The number of nitrogens with one attached hydrogen (secondary N) is 2. The molecule has 1 unspecified atom stereocenters. The summed E-state index contributed by atoms with van der Waals surface area (Å²) in [5.74, 6) is 0. The summed E-state index contributed by atoms with van der Waals surface area (Å²) in [5, 5.41) is 2.76. The molecule has 1 atom stereocenters. The molecule has 2 rings (SSSR count). The van der Waals surface area contributed by atoms with E-state index < -0.39 is 32.7 Å². The molecule has 4 nitrogen and oxygen atoms in total. The second-order valence-corrected chi connectivity index (χ2v) is 6.57. The van der Waals surface area contributed by atoms with Gasteiger partial charge in [-0.15, -0.1) is 12.4 Å². The molecule has 0 spiro atoms. The summed E-state index contributed by atoms with van der Waals surface area (Å²) in [4.78, 5) is -0.804. The van der Waals surface area contributed by atoms with Gasteiger partial charge in [0.25, 0.3) is 0 Å².